The number of rotatable bonds is 6. The highest BCUT2D eigenvalue weighted by molar-refractivity contribution is 5.94. The smallest absolute Gasteiger partial charge is 0.305 e. The molecule has 6 heteroatoms. The number of aryl methyl sites for hydroxylation is 1. The number of hydrogen-bond donors (Lipinski definition) is 2. The molecule has 0 radical (unpaired) electrons. The van der Waals surface area contributed by atoms with Crippen molar-refractivity contribution >= 4 is 11.9 Å². The van der Waals surface area contributed by atoms with Crippen LogP contribution in [0.5, 0.6) is 0 Å². The quantitative estimate of drug-likeness (QED) is 0.848. The van der Waals surface area contributed by atoms with Crippen LogP contribution in [-0.2, 0) is 4.79 Å². The van der Waals surface area contributed by atoms with Gasteiger partial charge < -0.3 is 14.8 Å². The number of aliphatic carboxylic acids is 1. The number of carbonyl (C=O) groups is 2. The minimum atomic E-state index is -0.964. The molecule has 1 heterocycles. The molecule has 1 aromatic heterocycles. The minimum absolute atomic E-state index is 0.0571. The van der Waals surface area contributed by atoms with Crippen LogP contribution in [0.2, 0.25) is 0 Å². The second-order valence-electron chi connectivity index (χ2n) is 6.39. The van der Waals surface area contributed by atoms with Crippen molar-refractivity contribution in [2.75, 3.05) is 0 Å². The predicted molar refractivity (Wildman–Crippen MR) is 89.6 cm³/mol. The number of aromatic nitrogens is 1. The Hall–Kier alpha value is -2.63. The highest BCUT2D eigenvalue weighted by atomic mass is 16.4. The zero-order valence-electron chi connectivity index (χ0n) is 14.3. The Morgan fingerprint density at radius 3 is 2.46 bits per heavy atom. The van der Waals surface area contributed by atoms with Crippen LogP contribution in [0.3, 0.4) is 0 Å². The van der Waals surface area contributed by atoms with Gasteiger partial charge in [0.15, 0.2) is 5.69 Å². The van der Waals surface area contributed by atoms with Crippen molar-refractivity contribution in [3.63, 3.8) is 0 Å². The molecule has 0 saturated carbocycles. The van der Waals surface area contributed by atoms with Gasteiger partial charge in [0, 0.05) is 5.56 Å². The molecule has 2 rings (SSSR count). The third-order valence-electron chi connectivity index (χ3n) is 4.22. The second-order valence-corrected chi connectivity index (χ2v) is 6.39. The molecule has 0 fully saturated rings. The highest BCUT2D eigenvalue weighted by Crippen LogP contribution is 2.24. The molecule has 1 aromatic carbocycles. The predicted octanol–water partition coefficient (Wildman–Crippen LogP) is 3.27. The number of carboxylic acids is 1. The highest BCUT2D eigenvalue weighted by Gasteiger charge is 2.34. The van der Waals surface area contributed by atoms with Crippen molar-refractivity contribution in [2.24, 2.45) is 5.92 Å². The van der Waals surface area contributed by atoms with E-state index in [1.165, 1.54) is 0 Å². The lowest BCUT2D eigenvalue weighted by Crippen LogP contribution is -2.51. The molecule has 2 aromatic rings. The Kier molecular flexibility index (Phi) is 5.07. The summed E-state index contributed by atoms with van der Waals surface area (Å²) in [5, 5.41) is 11.9. The first kappa shape index (κ1) is 17.7. The number of amides is 1. The minimum Gasteiger partial charge on any atom is -0.481 e. The molecule has 0 spiro atoms. The van der Waals surface area contributed by atoms with Crippen molar-refractivity contribution in [3.8, 4) is 11.5 Å². The average Bonchev–Trinajstić information content (AvgIpc) is 2.89. The summed E-state index contributed by atoms with van der Waals surface area (Å²) >= 11 is 0. The van der Waals surface area contributed by atoms with Crippen LogP contribution in [0.25, 0.3) is 11.5 Å². The van der Waals surface area contributed by atoms with Gasteiger partial charge in [0.2, 0.25) is 5.89 Å². The van der Waals surface area contributed by atoms with E-state index in [1.807, 2.05) is 44.2 Å². The summed E-state index contributed by atoms with van der Waals surface area (Å²) in [6.07, 6.45) is -0.168. The van der Waals surface area contributed by atoms with Crippen LogP contribution in [0, 0.1) is 12.8 Å². The van der Waals surface area contributed by atoms with Crippen molar-refractivity contribution in [3.05, 3.63) is 41.8 Å². The summed E-state index contributed by atoms with van der Waals surface area (Å²) < 4.78 is 5.59. The number of benzene rings is 1. The molecule has 0 aliphatic heterocycles. The fourth-order valence-electron chi connectivity index (χ4n) is 2.34. The Labute approximate surface area is 140 Å². The van der Waals surface area contributed by atoms with Gasteiger partial charge in [0.05, 0.1) is 12.0 Å². The van der Waals surface area contributed by atoms with Crippen LogP contribution in [0.4, 0.5) is 0 Å². The zero-order chi connectivity index (χ0) is 17.9. The zero-order valence-corrected chi connectivity index (χ0v) is 14.3. The normalized spacial score (nSPS) is 13.5. The number of carboxylic acid groups (broad SMARTS) is 1. The lowest BCUT2D eigenvalue weighted by molar-refractivity contribution is -0.138. The van der Waals surface area contributed by atoms with Crippen LogP contribution in [-0.4, -0.2) is 27.5 Å². The fourth-order valence-corrected chi connectivity index (χ4v) is 2.34. The molecule has 128 valence electrons. The maximum absolute atomic E-state index is 12.6. The maximum atomic E-state index is 12.6. The summed E-state index contributed by atoms with van der Waals surface area (Å²) in [5.74, 6) is -0.696. The molecule has 0 aliphatic rings. The second kappa shape index (κ2) is 6.86. The first-order valence-electron chi connectivity index (χ1n) is 7.80. The van der Waals surface area contributed by atoms with Gasteiger partial charge in [-0.15, -0.1) is 0 Å². The largest absolute Gasteiger partial charge is 0.481 e. The molecule has 0 aliphatic carbocycles. The summed E-state index contributed by atoms with van der Waals surface area (Å²) in [7, 11) is 0. The molecule has 1 unspecified atom stereocenters. The van der Waals surface area contributed by atoms with Crippen LogP contribution in [0.15, 0.2) is 34.7 Å². The van der Waals surface area contributed by atoms with E-state index in [4.69, 9.17) is 9.52 Å². The average molecular weight is 330 g/mol. The molecule has 1 amide bonds. The van der Waals surface area contributed by atoms with E-state index in [0.29, 0.717) is 11.7 Å². The first-order chi connectivity index (χ1) is 11.2. The third kappa shape index (κ3) is 3.82. The monoisotopic (exact) mass is 330 g/mol. The molecule has 0 saturated heterocycles. The molecule has 2 N–H and O–H groups in total. The fraction of sp³-hybridized carbons (Fsp3) is 0.389. The Balaban J connectivity index is 2.27. The van der Waals surface area contributed by atoms with Gasteiger partial charge >= 0.3 is 5.97 Å². The lowest BCUT2D eigenvalue weighted by Gasteiger charge is -2.33. The SMILES string of the molecule is Cc1oc(-c2ccccc2)nc1C(=O)NC(C)(CC(=O)O)C(C)C. The van der Waals surface area contributed by atoms with E-state index in [1.54, 1.807) is 13.8 Å². The van der Waals surface area contributed by atoms with Crippen LogP contribution in [0.1, 0.15) is 43.4 Å². The van der Waals surface area contributed by atoms with Crippen LogP contribution >= 0.6 is 0 Å². The number of oxazole rings is 1. The third-order valence-corrected chi connectivity index (χ3v) is 4.22. The van der Waals surface area contributed by atoms with Gasteiger partial charge in [0.1, 0.15) is 5.76 Å². The van der Waals surface area contributed by atoms with Crippen molar-refractivity contribution in [2.45, 2.75) is 39.7 Å². The molecule has 24 heavy (non-hydrogen) atoms. The Morgan fingerprint density at radius 1 is 1.29 bits per heavy atom. The van der Waals surface area contributed by atoms with Gasteiger partial charge in [-0.2, -0.15) is 0 Å². The molecule has 0 bridgehead atoms. The van der Waals surface area contributed by atoms with E-state index in [-0.39, 0.29) is 18.0 Å². The topological polar surface area (TPSA) is 92.4 Å². The van der Waals surface area contributed by atoms with E-state index < -0.39 is 17.4 Å². The number of carbonyl (C=O) groups excluding carboxylic acids is 1. The van der Waals surface area contributed by atoms with Gasteiger partial charge in [0.25, 0.3) is 5.91 Å². The number of hydrogen-bond acceptors (Lipinski definition) is 4. The molecular formula is C18H22N2O4. The van der Waals surface area contributed by atoms with Crippen LogP contribution < -0.4 is 5.32 Å². The maximum Gasteiger partial charge on any atom is 0.305 e. The lowest BCUT2D eigenvalue weighted by atomic mass is 9.85. The van der Waals surface area contributed by atoms with Crippen molar-refractivity contribution in [1.29, 1.82) is 0 Å². The number of nitrogens with one attached hydrogen (secondary N) is 1. The van der Waals surface area contributed by atoms with Gasteiger partial charge in [-0.05, 0) is 31.9 Å². The molecule has 6 nitrogen and oxygen atoms in total. The molecular weight excluding hydrogens is 308 g/mol. The van der Waals surface area contributed by atoms with Crippen molar-refractivity contribution in [1.82, 2.24) is 10.3 Å². The van der Waals surface area contributed by atoms with Gasteiger partial charge in [-0.3, -0.25) is 9.59 Å². The van der Waals surface area contributed by atoms with Gasteiger partial charge in [-0.1, -0.05) is 32.0 Å². The van der Waals surface area contributed by atoms with E-state index in [9.17, 15) is 9.59 Å². The summed E-state index contributed by atoms with van der Waals surface area (Å²) in [5.41, 5.74) is 0.0734. The summed E-state index contributed by atoms with van der Waals surface area (Å²) in [6.45, 7) is 7.12. The molecule has 1 atom stereocenters. The van der Waals surface area contributed by atoms with Crippen molar-refractivity contribution < 1.29 is 19.1 Å². The van der Waals surface area contributed by atoms with E-state index in [0.717, 1.165) is 5.56 Å². The Bertz CT molecular complexity index is 737. The first-order valence-corrected chi connectivity index (χ1v) is 7.80. The summed E-state index contributed by atoms with van der Waals surface area (Å²) in [4.78, 5) is 28.0. The number of nitrogens with zero attached hydrogens (tertiary/aromatic N) is 1. The van der Waals surface area contributed by atoms with E-state index >= 15 is 0 Å². The van der Waals surface area contributed by atoms with E-state index in [2.05, 4.69) is 10.3 Å². The Morgan fingerprint density at radius 2 is 1.92 bits per heavy atom. The standard InChI is InChI=1S/C18H22N2O4/c1-11(2)18(4,10-14(21)22)20-16(23)15-12(3)24-17(19-15)13-8-6-5-7-9-13/h5-9,11H,10H2,1-4H3,(H,20,23)(H,21,22). The van der Waals surface area contributed by atoms with Gasteiger partial charge in [-0.25, -0.2) is 4.98 Å². The summed E-state index contributed by atoms with van der Waals surface area (Å²) in [6, 6.07) is 9.28.